The molecule has 2 aliphatic rings. The Bertz CT molecular complexity index is 1020. The molecule has 2 fully saturated rings. The topological polar surface area (TPSA) is 122 Å². The monoisotopic (exact) mass is 464 g/mol. The van der Waals surface area contributed by atoms with Crippen LogP contribution in [-0.2, 0) is 19.6 Å². The molecular formula is C22H32N4O5S. The summed E-state index contributed by atoms with van der Waals surface area (Å²) in [4.78, 5) is 10.8. The van der Waals surface area contributed by atoms with Crippen molar-refractivity contribution in [3.63, 3.8) is 0 Å². The van der Waals surface area contributed by atoms with E-state index in [9.17, 15) is 13.2 Å². The van der Waals surface area contributed by atoms with Crippen LogP contribution in [0.25, 0.3) is 10.9 Å². The minimum Gasteiger partial charge on any atom is -0.486 e. The molecule has 1 aromatic heterocycles. The van der Waals surface area contributed by atoms with Gasteiger partial charge >= 0.3 is 0 Å². The van der Waals surface area contributed by atoms with Crippen molar-refractivity contribution in [1.29, 1.82) is 0 Å². The minimum absolute atomic E-state index is 0.0117. The van der Waals surface area contributed by atoms with Crippen molar-refractivity contribution in [2.75, 3.05) is 26.0 Å². The Kier molecular flexibility index (Phi) is 7.44. The Morgan fingerprint density at radius 1 is 1.22 bits per heavy atom. The number of sulfonamides is 1. The number of aromatic amines is 1. The summed E-state index contributed by atoms with van der Waals surface area (Å²) in [5.41, 5.74) is 2.07. The first kappa shape index (κ1) is 23.2. The van der Waals surface area contributed by atoms with Crippen LogP contribution in [0.15, 0.2) is 18.3 Å². The maximum atomic E-state index is 11.7. The molecule has 1 saturated carbocycles. The third kappa shape index (κ3) is 5.86. The van der Waals surface area contributed by atoms with Gasteiger partial charge in [0.25, 0.3) is 0 Å². The summed E-state index contributed by atoms with van der Waals surface area (Å²) in [6.07, 6.45) is 9.42. The molecule has 2 atom stereocenters. The molecule has 0 spiro atoms. The lowest BCUT2D eigenvalue weighted by molar-refractivity contribution is -0.109. The number of nitrogens with one attached hydrogen (secondary N) is 3. The van der Waals surface area contributed by atoms with Crippen LogP contribution in [-0.4, -0.2) is 69.1 Å². The van der Waals surface area contributed by atoms with Crippen molar-refractivity contribution < 1.29 is 22.7 Å². The summed E-state index contributed by atoms with van der Waals surface area (Å²) in [6.45, 7) is 1.41. The summed E-state index contributed by atoms with van der Waals surface area (Å²) in [5, 5.41) is 11.5. The second kappa shape index (κ2) is 10.3. The van der Waals surface area contributed by atoms with Gasteiger partial charge in [0.2, 0.25) is 10.0 Å². The Labute approximate surface area is 188 Å². The number of nitrogens with zero attached hydrogens (tertiary/aromatic N) is 1. The normalized spacial score (nSPS) is 26.8. The number of hydrogen-bond donors (Lipinski definition) is 3. The minimum atomic E-state index is -3.25. The fraction of sp³-hybridized carbons (Fsp3) is 0.636. The van der Waals surface area contributed by atoms with Crippen LogP contribution < -0.4 is 14.8 Å². The van der Waals surface area contributed by atoms with Gasteiger partial charge in [0, 0.05) is 17.5 Å². The van der Waals surface area contributed by atoms with E-state index in [1.807, 2.05) is 6.07 Å². The number of carbonyl (C=O) groups excluding carboxylic acids is 1. The van der Waals surface area contributed by atoms with Crippen molar-refractivity contribution in [1.82, 2.24) is 20.2 Å². The van der Waals surface area contributed by atoms with Crippen molar-refractivity contribution in [3.8, 4) is 5.75 Å². The van der Waals surface area contributed by atoms with Crippen LogP contribution in [0.3, 0.4) is 0 Å². The molecule has 1 aromatic carbocycles. The Morgan fingerprint density at radius 3 is 2.78 bits per heavy atom. The quantitative estimate of drug-likeness (QED) is 0.484. The molecule has 4 rings (SSSR count). The second-order valence-corrected chi connectivity index (χ2v) is 10.6. The Morgan fingerprint density at radius 2 is 2.03 bits per heavy atom. The standard InChI is InChI=1S/C22H32N4O5S/c1-32(28,29)26-19-3-2-8-23-21(19)14-31-17-6-4-15(5-7-17)18-12-20-16(13-24-25-20)11-22(18)30-10-9-27/h9,11-13,15,17,19,21,23,26H,2-8,10,14H2,1H3,(H,24,25)/t15?,17?,19-,21-/m0/s1. The van der Waals surface area contributed by atoms with E-state index < -0.39 is 10.0 Å². The number of aromatic nitrogens is 2. The number of fused-ring (bicyclic) bond motifs is 1. The molecule has 10 heteroatoms. The summed E-state index contributed by atoms with van der Waals surface area (Å²) >= 11 is 0. The van der Waals surface area contributed by atoms with E-state index in [0.29, 0.717) is 12.5 Å². The molecule has 9 nitrogen and oxygen atoms in total. The smallest absolute Gasteiger partial charge is 0.209 e. The van der Waals surface area contributed by atoms with E-state index in [1.54, 1.807) is 6.20 Å². The van der Waals surface area contributed by atoms with Gasteiger partial charge in [-0.25, -0.2) is 13.1 Å². The number of aldehydes is 1. The first-order valence-corrected chi connectivity index (χ1v) is 13.2. The highest BCUT2D eigenvalue weighted by Crippen LogP contribution is 2.40. The van der Waals surface area contributed by atoms with Gasteiger partial charge in [-0.05, 0) is 68.7 Å². The lowest BCUT2D eigenvalue weighted by Gasteiger charge is -2.35. The van der Waals surface area contributed by atoms with E-state index in [1.165, 1.54) is 6.26 Å². The van der Waals surface area contributed by atoms with Gasteiger partial charge in [0.1, 0.15) is 12.4 Å². The highest BCUT2D eigenvalue weighted by Gasteiger charge is 2.30. The van der Waals surface area contributed by atoms with Crippen molar-refractivity contribution in [2.45, 2.75) is 62.6 Å². The molecule has 2 heterocycles. The lowest BCUT2D eigenvalue weighted by atomic mass is 9.82. The Hall–Kier alpha value is -2.01. The number of H-pyrrole nitrogens is 1. The number of piperidine rings is 1. The predicted octanol–water partition coefficient (Wildman–Crippen LogP) is 1.85. The Balaban J connectivity index is 1.34. The zero-order chi connectivity index (χ0) is 22.6. The van der Waals surface area contributed by atoms with Crippen LogP contribution in [0.1, 0.15) is 50.0 Å². The van der Waals surface area contributed by atoms with Crippen LogP contribution in [0.5, 0.6) is 5.75 Å². The zero-order valence-electron chi connectivity index (χ0n) is 18.4. The molecule has 0 bridgehead atoms. The van der Waals surface area contributed by atoms with Crippen molar-refractivity contribution in [2.24, 2.45) is 0 Å². The highest BCUT2D eigenvalue weighted by molar-refractivity contribution is 7.88. The van der Waals surface area contributed by atoms with Gasteiger partial charge in [-0.3, -0.25) is 9.89 Å². The fourth-order valence-electron chi connectivity index (χ4n) is 4.88. The number of benzene rings is 1. The molecule has 0 unspecified atom stereocenters. The summed E-state index contributed by atoms with van der Waals surface area (Å²) < 4.78 is 38.0. The molecule has 0 amide bonds. The first-order valence-electron chi connectivity index (χ1n) is 11.3. The van der Waals surface area contributed by atoms with Gasteiger partial charge in [0.05, 0.1) is 30.7 Å². The number of hydrogen-bond acceptors (Lipinski definition) is 7. The van der Waals surface area contributed by atoms with E-state index >= 15 is 0 Å². The number of ether oxygens (including phenoxy) is 2. The van der Waals surface area contributed by atoms with Crippen LogP contribution in [0, 0.1) is 0 Å². The third-order valence-electron chi connectivity index (χ3n) is 6.45. The van der Waals surface area contributed by atoms with Gasteiger partial charge < -0.3 is 14.8 Å². The fourth-order valence-corrected chi connectivity index (χ4v) is 5.71. The molecule has 0 radical (unpaired) electrons. The van der Waals surface area contributed by atoms with Crippen LogP contribution in [0.4, 0.5) is 0 Å². The van der Waals surface area contributed by atoms with Crippen LogP contribution >= 0.6 is 0 Å². The largest absolute Gasteiger partial charge is 0.486 e. The SMILES string of the molecule is CS(=O)(=O)N[C@H]1CCCN[C@H]1COC1CCC(c2cc3[nH]ncc3cc2OCC=O)CC1. The number of rotatable bonds is 9. The molecule has 1 saturated heterocycles. The predicted molar refractivity (Wildman–Crippen MR) is 121 cm³/mol. The van der Waals surface area contributed by atoms with Crippen LogP contribution in [0.2, 0.25) is 0 Å². The molecule has 1 aliphatic carbocycles. The summed E-state index contributed by atoms with van der Waals surface area (Å²) in [7, 11) is -3.25. The molecular weight excluding hydrogens is 432 g/mol. The highest BCUT2D eigenvalue weighted by atomic mass is 32.2. The molecule has 1 aliphatic heterocycles. The van der Waals surface area contributed by atoms with E-state index in [4.69, 9.17) is 9.47 Å². The van der Waals surface area contributed by atoms with E-state index in [-0.39, 0.29) is 24.8 Å². The van der Waals surface area contributed by atoms with Gasteiger partial charge in [-0.1, -0.05) is 0 Å². The summed E-state index contributed by atoms with van der Waals surface area (Å²) in [6, 6.07) is 3.89. The molecule has 32 heavy (non-hydrogen) atoms. The third-order valence-corrected chi connectivity index (χ3v) is 7.18. The maximum Gasteiger partial charge on any atom is 0.209 e. The zero-order valence-corrected chi connectivity index (χ0v) is 19.2. The number of carbonyl (C=O) groups is 1. The van der Waals surface area contributed by atoms with Gasteiger partial charge in [-0.15, -0.1) is 0 Å². The van der Waals surface area contributed by atoms with Crippen molar-refractivity contribution in [3.05, 3.63) is 23.9 Å². The van der Waals surface area contributed by atoms with E-state index in [0.717, 1.165) is 73.6 Å². The van der Waals surface area contributed by atoms with E-state index in [2.05, 4.69) is 26.3 Å². The summed E-state index contributed by atoms with van der Waals surface area (Å²) in [5.74, 6) is 1.08. The molecule has 2 aromatic rings. The first-order chi connectivity index (χ1) is 15.4. The molecule has 176 valence electrons. The average Bonchev–Trinajstić information content (AvgIpc) is 3.23. The van der Waals surface area contributed by atoms with Gasteiger partial charge in [0.15, 0.2) is 6.29 Å². The second-order valence-electron chi connectivity index (χ2n) is 8.83. The maximum absolute atomic E-state index is 11.7. The van der Waals surface area contributed by atoms with Crippen molar-refractivity contribution >= 4 is 27.2 Å². The average molecular weight is 465 g/mol. The molecule has 3 N–H and O–H groups in total. The lowest BCUT2D eigenvalue weighted by Crippen LogP contribution is -2.55. The van der Waals surface area contributed by atoms with Gasteiger partial charge in [-0.2, -0.15) is 5.10 Å².